The van der Waals surface area contributed by atoms with Crippen molar-refractivity contribution in [3.8, 4) is 0 Å². The number of carbonyl (C=O) groups is 1. The molecular formula is C12H9NO. The van der Waals surface area contributed by atoms with Crippen molar-refractivity contribution in [2.24, 2.45) is 0 Å². The predicted octanol–water partition coefficient (Wildman–Crippen LogP) is 2.60. The molecule has 0 bridgehead atoms. The van der Waals surface area contributed by atoms with Gasteiger partial charge in [0.2, 0.25) is 5.78 Å². The Morgan fingerprint density at radius 2 is 2.07 bits per heavy atom. The number of benzene rings is 1. The smallest absolute Gasteiger partial charge is 0.204 e. The summed E-state index contributed by atoms with van der Waals surface area (Å²) in [5.41, 5.74) is 0.470. The zero-order valence-electron chi connectivity index (χ0n) is 7.60. The van der Waals surface area contributed by atoms with E-state index in [-0.39, 0.29) is 5.78 Å². The molecule has 1 aromatic heterocycles. The van der Waals surface area contributed by atoms with E-state index in [2.05, 4.69) is 11.6 Å². The van der Waals surface area contributed by atoms with E-state index >= 15 is 0 Å². The van der Waals surface area contributed by atoms with Gasteiger partial charge in [-0.3, -0.25) is 9.78 Å². The fourth-order valence-electron chi connectivity index (χ4n) is 1.41. The molecule has 0 amide bonds. The molecule has 0 fully saturated rings. The Morgan fingerprint density at radius 1 is 1.29 bits per heavy atom. The molecule has 1 aromatic carbocycles. The zero-order valence-corrected chi connectivity index (χ0v) is 7.60. The molecule has 0 spiro atoms. The first kappa shape index (κ1) is 8.63. The highest BCUT2D eigenvalue weighted by Gasteiger charge is 2.06. The second kappa shape index (κ2) is 3.42. The first-order valence-corrected chi connectivity index (χ1v) is 4.33. The van der Waals surface area contributed by atoms with Crippen LogP contribution in [0.25, 0.3) is 10.8 Å². The number of hydrogen-bond donors (Lipinski definition) is 0. The van der Waals surface area contributed by atoms with Crippen molar-refractivity contribution in [2.45, 2.75) is 0 Å². The highest BCUT2D eigenvalue weighted by Crippen LogP contribution is 2.16. The zero-order chi connectivity index (χ0) is 9.97. The molecule has 2 heteroatoms. The van der Waals surface area contributed by atoms with Crippen LogP contribution in [-0.4, -0.2) is 10.8 Å². The maximum Gasteiger partial charge on any atom is 0.204 e. The van der Waals surface area contributed by atoms with Crippen LogP contribution in [0.1, 0.15) is 10.5 Å². The minimum absolute atomic E-state index is 0.137. The van der Waals surface area contributed by atoms with Crippen LogP contribution >= 0.6 is 0 Å². The lowest BCUT2D eigenvalue weighted by Gasteiger charge is -2.00. The van der Waals surface area contributed by atoms with Crippen molar-refractivity contribution in [3.63, 3.8) is 0 Å². The Balaban J connectivity index is 2.77. The summed E-state index contributed by atoms with van der Waals surface area (Å²) in [7, 11) is 0. The van der Waals surface area contributed by atoms with Gasteiger partial charge in [-0.1, -0.05) is 30.8 Å². The molecule has 0 N–H and O–H groups in total. The molecule has 0 radical (unpaired) electrons. The molecule has 2 rings (SSSR count). The molecule has 0 unspecified atom stereocenters. The summed E-state index contributed by atoms with van der Waals surface area (Å²) in [5, 5.41) is 1.90. The Bertz CT molecular complexity index is 497. The van der Waals surface area contributed by atoms with Crippen molar-refractivity contribution in [1.29, 1.82) is 0 Å². The second-order valence-corrected chi connectivity index (χ2v) is 2.95. The van der Waals surface area contributed by atoms with Crippen LogP contribution in [0.15, 0.2) is 49.2 Å². The average Bonchev–Trinajstić information content (AvgIpc) is 2.27. The van der Waals surface area contributed by atoms with Crippen molar-refractivity contribution < 1.29 is 4.79 Å². The summed E-state index contributed by atoms with van der Waals surface area (Å²) in [6.45, 7) is 3.45. The third-order valence-electron chi connectivity index (χ3n) is 2.09. The average molecular weight is 183 g/mol. The lowest BCUT2D eigenvalue weighted by molar-refractivity contribution is 0.104. The van der Waals surface area contributed by atoms with Gasteiger partial charge in [0.15, 0.2) is 0 Å². The van der Waals surface area contributed by atoms with E-state index in [4.69, 9.17) is 0 Å². The van der Waals surface area contributed by atoms with E-state index in [9.17, 15) is 4.79 Å². The largest absolute Gasteiger partial charge is 0.288 e. The first-order chi connectivity index (χ1) is 6.83. The van der Waals surface area contributed by atoms with E-state index in [1.165, 1.54) is 6.08 Å². The van der Waals surface area contributed by atoms with Gasteiger partial charge in [0.05, 0.1) is 0 Å². The Kier molecular flexibility index (Phi) is 2.11. The van der Waals surface area contributed by atoms with Crippen LogP contribution in [0.3, 0.4) is 0 Å². The normalized spacial score (nSPS) is 10.0. The molecule has 1 heterocycles. The summed E-state index contributed by atoms with van der Waals surface area (Å²) in [5.74, 6) is -0.137. The molecule has 0 aliphatic heterocycles. The minimum atomic E-state index is -0.137. The molecule has 2 aromatic rings. The van der Waals surface area contributed by atoms with Crippen LogP contribution < -0.4 is 0 Å². The molecule has 2 nitrogen and oxygen atoms in total. The van der Waals surface area contributed by atoms with Gasteiger partial charge >= 0.3 is 0 Å². The van der Waals surface area contributed by atoms with Crippen LogP contribution in [0.4, 0.5) is 0 Å². The number of allylic oxidation sites excluding steroid dienone is 1. The summed E-state index contributed by atoms with van der Waals surface area (Å²) < 4.78 is 0. The standard InChI is InChI=1S/C12H9NO/c1-2-11(14)12-10-6-4-3-5-9(10)7-8-13-12/h2-8H,1H2. The Hall–Kier alpha value is -1.96. The van der Waals surface area contributed by atoms with Crippen LogP contribution in [0.5, 0.6) is 0 Å². The van der Waals surface area contributed by atoms with Crippen molar-refractivity contribution in [3.05, 3.63) is 54.9 Å². The Morgan fingerprint density at radius 3 is 2.86 bits per heavy atom. The third kappa shape index (κ3) is 1.31. The fourth-order valence-corrected chi connectivity index (χ4v) is 1.41. The van der Waals surface area contributed by atoms with Crippen LogP contribution in [-0.2, 0) is 0 Å². The maximum atomic E-state index is 11.4. The molecular weight excluding hydrogens is 174 g/mol. The molecule has 68 valence electrons. The number of fused-ring (bicyclic) bond motifs is 1. The quantitative estimate of drug-likeness (QED) is 0.529. The van der Waals surface area contributed by atoms with Gasteiger partial charge in [-0.05, 0) is 17.5 Å². The van der Waals surface area contributed by atoms with E-state index in [0.29, 0.717) is 5.69 Å². The van der Waals surface area contributed by atoms with Crippen molar-refractivity contribution in [1.82, 2.24) is 4.98 Å². The molecule has 14 heavy (non-hydrogen) atoms. The summed E-state index contributed by atoms with van der Waals surface area (Å²) in [4.78, 5) is 15.5. The number of aromatic nitrogens is 1. The highest BCUT2D eigenvalue weighted by atomic mass is 16.1. The monoisotopic (exact) mass is 183 g/mol. The van der Waals surface area contributed by atoms with Gasteiger partial charge < -0.3 is 0 Å². The van der Waals surface area contributed by atoms with Crippen LogP contribution in [0, 0.1) is 0 Å². The van der Waals surface area contributed by atoms with Gasteiger partial charge in [-0.25, -0.2) is 0 Å². The topological polar surface area (TPSA) is 30.0 Å². The lowest BCUT2D eigenvalue weighted by Crippen LogP contribution is -1.98. The fraction of sp³-hybridized carbons (Fsp3) is 0. The Labute approximate surface area is 81.9 Å². The number of hydrogen-bond acceptors (Lipinski definition) is 2. The lowest BCUT2D eigenvalue weighted by atomic mass is 10.1. The SMILES string of the molecule is C=CC(=O)c1nccc2ccccc12. The summed E-state index contributed by atoms with van der Waals surface area (Å²) in [6.07, 6.45) is 2.92. The first-order valence-electron chi connectivity index (χ1n) is 4.33. The number of pyridine rings is 1. The number of carbonyl (C=O) groups excluding carboxylic acids is 1. The van der Waals surface area contributed by atoms with Gasteiger partial charge in [0.25, 0.3) is 0 Å². The van der Waals surface area contributed by atoms with Gasteiger partial charge in [-0.15, -0.1) is 0 Å². The van der Waals surface area contributed by atoms with Crippen LogP contribution in [0.2, 0.25) is 0 Å². The van der Waals surface area contributed by atoms with Crippen molar-refractivity contribution in [2.75, 3.05) is 0 Å². The van der Waals surface area contributed by atoms with E-state index < -0.39 is 0 Å². The van der Waals surface area contributed by atoms with E-state index in [1.807, 2.05) is 30.3 Å². The predicted molar refractivity (Wildman–Crippen MR) is 56.3 cm³/mol. The highest BCUT2D eigenvalue weighted by molar-refractivity contribution is 6.11. The van der Waals surface area contributed by atoms with Crippen molar-refractivity contribution >= 4 is 16.6 Å². The van der Waals surface area contributed by atoms with Gasteiger partial charge in [0, 0.05) is 11.6 Å². The third-order valence-corrected chi connectivity index (χ3v) is 2.09. The molecule has 0 aliphatic rings. The summed E-state index contributed by atoms with van der Waals surface area (Å²) in [6, 6.07) is 9.56. The number of ketones is 1. The second-order valence-electron chi connectivity index (χ2n) is 2.95. The maximum absolute atomic E-state index is 11.4. The van der Waals surface area contributed by atoms with Gasteiger partial charge in [0.1, 0.15) is 5.69 Å². The molecule has 0 atom stereocenters. The van der Waals surface area contributed by atoms with E-state index in [0.717, 1.165) is 10.8 Å². The number of rotatable bonds is 2. The molecule has 0 aliphatic carbocycles. The van der Waals surface area contributed by atoms with Gasteiger partial charge in [-0.2, -0.15) is 0 Å². The number of nitrogens with zero attached hydrogens (tertiary/aromatic N) is 1. The summed E-state index contributed by atoms with van der Waals surface area (Å²) >= 11 is 0. The molecule has 0 saturated carbocycles. The minimum Gasteiger partial charge on any atom is -0.288 e. The van der Waals surface area contributed by atoms with E-state index in [1.54, 1.807) is 6.20 Å². The molecule has 0 saturated heterocycles.